The van der Waals surface area contributed by atoms with Gasteiger partial charge in [0.2, 0.25) is 0 Å². The summed E-state index contributed by atoms with van der Waals surface area (Å²) in [7, 11) is 0. The highest BCUT2D eigenvalue weighted by Gasteiger charge is 1.96. The quantitative estimate of drug-likeness (QED) is 0.549. The molecule has 0 radical (unpaired) electrons. The highest BCUT2D eigenvalue weighted by Crippen LogP contribution is 1.78. The van der Waals surface area contributed by atoms with Crippen LogP contribution >= 0.6 is 0 Å². The molecule has 2 aromatic heterocycles. The van der Waals surface area contributed by atoms with Gasteiger partial charge in [-0.05, 0) is 11.3 Å². The predicted molar refractivity (Wildman–Crippen MR) is 39.3 cm³/mol. The third kappa shape index (κ3) is 0.986. The standard InChI is InChI=1S/C6H5N5O/c12-6-2-1-3-8-11(6)10-5-4-7-9-10/h1-5H. The van der Waals surface area contributed by atoms with Crippen LogP contribution in [-0.2, 0) is 0 Å². The molecule has 6 nitrogen and oxygen atoms in total. The molecular weight excluding hydrogens is 158 g/mol. The van der Waals surface area contributed by atoms with Gasteiger partial charge in [-0.15, -0.1) is 14.7 Å². The van der Waals surface area contributed by atoms with E-state index in [0.29, 0.717) is 0 Å². The van der Waals surface area contributed by atoms with Crippen LogP contribution in [0.3, 0.4) is 0 Å². The average Bonchev–Trinajstić information content (AvgIpc) is 2.57. The first-order chi connectivity index (χ1) is 5.88. The summed E-state index contributed by atoms with van der Waals surface area (Å²) in [6, 6.07) is 2.96. The molecule has 0 spiro atoms. The van der Waals surface area contributed by atoms with Crippen molar-refractivity contribution in [3.05, 3.63) is 41.1 Å². The van der Waals surface area contributed by atoms with E-state index >= 15 is 0 Å². The van der Waals surface area contributed by atoms with Crippen LogP contribution in [-0.4, -0.2) is 25.0 Å². The Hall–Kier alpha value is -1.98. The van der Waals surface area contributed by atoms with Crippen molar-refractivity contribution in [2.24, 2.45) is 0 Å². The van der Waals surface area contributed by atoms with Gasteiger partial charge in [-0.25, -0.2) is 0 Å². The van der Waals surface area contributed by atoms with Crippen LogP contribution in [0.4, 0.5) is 0 Å². The van der Waals surface area contributed by atoms with E-state index in [4.69, 9.17) is 0 Å². The zero-order chi connectivity index (χ0) is 8.39. The van der Waals surface area contributed by atoms with Crippen LogP contribution in [0.25, 0.3) is 0 Å². The molecule has 60 valence electrons. The first kappa shape index (κ1) is 6.71. The highest BCUT2D eigenvalue weighted by molar-refractivity contribution is 4.85. The fourth-order valence-corrected chi connectivity index (χ4v) is 0.807. The van der Waals surface area contributed by atoms with Crippen molar-refractivity contribution in [2.45, 2.75) is 0 Å². The fraction of sp³-hybridized carbons (Fsp3) is 0. The molecule has 0 unspecified atom stereocenters. The lowest BCUT2D eigenvalue weighted by atomic mass is 10.6. The maximum absolute atomic E-state index is 11.1. The van der Waals surface area contributed by atoms with Crippen molar-refractivity contribution in [1.29, 1.82) is 0 Å². The molecule has 0 aliphatic heterocycles. The van der Waals surface area contributed by atoms with Crippen molar-refractivity contribution in [3.63, 3.8) is 0 Å². The Bertz CT molecular complexity index is 418. The molecule has 0 aliphatic rings. The first-order valence-corrected chi connectivity index (χ1v) is 3.29. The predicted octanol–water partition coefficient (Wildman–Crippen LogP) is -0.854. The summed E-state index contributed by atoms with van der Waals surface area (Å²) in [5.74, 6) is 0. The molecule has 0 saturated heterocycles. The van der Waals surface area contributed by atoms with E-state index in [0.717, 1.165) is 4.79 Å². The van der Waals surface area contributed by atoms with Gasteiger partial charge in [0.1, 0.15) is 0 Å². The fourth-order valence-electron chi connectivity index (χ4n) is 0.807. The maximum atomic E-state index is 11.1. The number of aromatic nitrogens is 5. The third-order valence-corrected chi connectivity index (χ3v) is 1.30. The smallest absolute Gasteiger partial charge is 0.266 e. The molecule has 0 aliphatic carbocycles. The van der Waals surface area contributed by atoms with E-state index in [9.17, 15) is 4.79 Å². The molecule has 2 rings (SSSR count). The summed E-state index contributed by atoms with van der Waals surface area (Å²) in [5.41, 5.74) is -0.247. The zero-order valence-electron chi connectivity index (χ0n) is 6.03. The molecule has 0 N–H and O–H groups in total. The largest absolute Gasteiger partial charge is 0.288 e. The molecule has 12 heavy (non-hydrogen) atoms. The molecule has 0 amide bonds. The lowest BCUT2D eigenvalue weighted by Gasteiger charge is -1.98. The summed E-state index contributed by atoms with van der Waals surface area (Å²) >= 11 is 0. The van der Waals surface area contributed by atoms with Gasteiger partial charge < -0.3 is 0 Å². The Morgan fingerprint density at radius 1 is 1.33 bits per heavy atom. The summed E-state index contributed by atoms with van der Waals surface area (Å²) in [6.07, 6.45) is 4.51. The van der Waals surface area contributed by atoms with Gasteiger partial charge in [0.05, 0.1) is 12.4 Å². The van der Waals surface area contributed by atoms with Gasteiger partial charge in [-0.1, -0.05) is 0 Å². The molecule has 2 aromatic rings. The molecule has 6 heteroatoms. The molecule has 0 fully saturated rings. The molecular formula is C6H5N5O. The van der Waals surface area contributed by atoms with Gasteiger partial charge in [-0.2, -0.15) is 5.10 Å². The van der Waals surface area contributed by atoms with Crippen molar-refractivity contribution >= 4 is 0 Å². The maximum Gasteiger partial charge on any atom is 0.288 e. The van der Waals surface area contributed by atoms with Crippen LogP contribution in [0.5, 0.6) is 0 Å². The van der Waals surface area contributed by atoms with Gasteiger partial charge in [-0.3, -0.25) is 4.79 Å². The Morgan fingerprint density at radius 3 is 2.92 bits per heavy atom. The topological polar surface area (TPSA) is 65.6 Å². The van der Waals surface area contributed by atoms with E-state index in [1.807, 2.05) is 0 Å². The number of hydrogen-bond acceptors (Lipinski definition) is 4. The van der Waals surface area contributed by atoms with E-state index in [1.54, 1.807) is 6.07 Å². The second kappa shape index (κ2) is 2.57. The third-order valence-electron chi connectivity index (χ3n) is 1.30. The van der Waals surface area contributed by atoms with Crippen molar-refractivity contribution in [2.75, 3.05) is 0 Å². The van der Waals surface area contributed by atoms with E-state index in [-0.39, 0.29) is 5.56 Å². The second-order valence-corrected chi connectivity index (χ2v) is 2.07. The average molecular weight is 163 g/mol. The number of nitrogens with zero attached hydrogens (tertiary/aromatic N) is 5. The summed E-state index contributed by atoms with van der Waals surface area (Å²) in [5, 5.41) is 11.0. The van der Waals surface area contributed by atoms with Crippen LogP contribution < -0.4 is 5.56 Å². The van der Waals surface area contributed by atoms with Gasteiger partial charge in [0.15, 0.2) is 0 Å². The first-order valence-electron chi connectivity index (χ1n) is 3.29. The summed E-state index contributed by atoms with van der Waals surface area (Å²) < 4.78 is 0. The Kier molecular flexibility index (Phi) is 1.44. The van der Waals surface area contributed by atoms with Crippen LogP contribution in [0, 0.1) is 0 Å². The SMILES string of the molecule is O=c1cccnn1-n1ccnn1. The summed E-state index contributed by atoms with van der Waals surface area (Å²) in [6.45, 7) is 0. The van der Waals surface area contributed by atoms with Gasteiger partial charge in [0, 0.05) is 12.3 Å². The Morgan fingerprint density at radius 2 is 2.25 bits per heavy atom. The summed E-state index contributed by atoms with van der Waals surface area (Å²) in [4.78, 5) is 13.5. The molecule has 0 saturated carbocycles. The van der Waals surface area contributed by atoms with E-state index in [1.165, 1.54) is 29.4 Å². The lowest BCUT2D eigenvalue weighted by molar-refractivity contribution is 0.464. The molecule has 0 atom stereocenters. The molecule has 2 heterocycles. The minimum Gasteiger partial charge on any atom is -0.266 e. The minimum absolute atomic E-state index is 0.247. The minimum atomic E-state index is -0.247. The van der Waals surface area contributed by atoms with Crippen molar-refractivity contribution in [3.8, 4) is 0 Å². The molecule has 0 bridgehead atoms. The van der Waals surface area contributed by atoms with Crippen LogP contribution in [0.2, 0.25) is 0 Å². The van der Waals surface area contributed by atoms with Crippen molar-refractivity contribution in [1.82, 2.24) is 25.0 Å². The number of rotatable bonds is 1. The molecule has 0 aromatic carbocycles. The Balaban J connectivity index is 2.63. The highest BCUT2D eigenvalue weighted by atomic mass is 16.1. The van der Waals surface area contributed by atoms with Crippen molar-refractivity contribution < 1.29 is 0 Å². The number of hydrogen-bond donors (Lipinski definition) is 0. The van der Waals surface area contributed by atoms with Crippen LogP contribution in [0.15, 0.2) is 35.5 Å². The van der Waals surface area contributed by atoms with Crippen LogP contribution in [0.1, 0.15) is 0 Å². The van der Waals surface area contributed by atoms with E-state index in [2.05, 4.69) is 15.4 Å². The Labute approximate surface area is 67.0 Å². The lowest BCUT2D eigenvalue weighted by Crippen LogP contribution is -2.27. The van der Waals surface area contributed by atoms with Gasteiger partial charge >= 0.3 is 0 Å². The van der Waals surface area contributed by atoms with Gasteiger partial charge in [0.25, 0.3) is 5.56 Å². The normalized spacial score (nSPS) is 10.0. The monoisotopic (exact) mass is 163 g/mol. The van der Waals surface area contributed by atoms with E-state index < -0.39 is 0 Å². The second-order valence-electron chi connectivity index (χ2n) is 2.07. The zero-order valence-corrected chi connectivity index (χ0v) is 6.03.